The molecule has 0 radical (unpaired) electrons. The predicted molar refractivity (Wildman–Crippen MR) is 79.2 cm³/mol. The van der Waals surface area contributed by atoms with Crippen LogP contribution in [0.5, 0.6) is 0 Å². The van der Waals surface area contributed by atoms with Crippen molar-refractivity contribution in [3.8, 4) is 0 Å². The molecule has 2 unspecified atom stereocenters. The molecule has 1 N–H and O–H groups in total. The van der Waals surface area contributed by atoms with Crippen LogP contribution >= 0.6 is 0 Å². The topological polar surface area (TPSA) is 41.6 Å². The van der Waals surface area contributed by atoms with E-state index in [2.05, 4.69) is 24.3 Å². The Morgan fingerprint density at radius 3 is 2.40 bits per heavy atom. The lowest BCUT2D eigenvalue weighted by molar-refractivity contribution is 0.0435. The normalized spacial score (nSPS) is 23.6. The summed E-state index contributed by atoms with van der Waals surface area (Å²) in [5.41, 5.74) is 5.28. The molecule has 0 aliphatic carbocycles. The molecule has 4 heteroatoms. The van der Waals surface area contributed by atoms with Crippen molar-refractivity contribution in [2.24, 2.45) is 0 Å². The lowest BCUT2D eigenvalue weighted by Crippen LogP contribution is -2.51. The first-order chi connectivity index (χ1) is 9.61. The number of piperidine rings is 1. The lowest BCUT2D eigenvalue weighted by Gasteiger charge is -2.39. The summed E-state index contributed by atoms with van der Waals surface area (Å²) in [6.07, 6.45) is 3.81. The summed E-state index contributed by atoms with van der Waals surface area (Å²) >= 11 is 0. The molecule has 0 saturated carbocycles. The van der Waals surface area contributed by atoms with Crippen molar-refractivity contribution in [1.29, 1.82) is 0 Å². The van der Waals surface area contributed by atoms with Crippen molar-refractivity contribution >= 4 is 5.97 Å². The lowest BCUT2D eigenvalue weighted by atomic mass is 10.00. The Hall–Kier alpha value is -1.39. The molecule has 1 saturated heterocycles. The molecular weight excluding hydrogens is 252 g/mol. The van der Waals surface area contributed by atoms with Crippen molar-refractivity contribution in [1.82, 2.24) is 10.4 Å². The van der Waals surface area contributed by atoms with E-state index in [9.17, 15) is 4.79 Å². The number of benzene rings is 1. The molecule has 1 aliphatic rings. The van der Waals surface area contributed by atoms with Gasteiger partial charge in [-0.15, -0.1) is 0 Å². The van der Waals surface area contributed by atoms with Gasteiger partial charge < -0.3 is 4.74 Å². The second-order valence-electron chi connectivity index (χ2n) is 5.56. The summed E-state index contributed by atoms with van der Waals surface area (Å²) in [5, 5.41) is 2.36. The number of hydrogen-bond acceptors (Lipinski definition) is 4. The molecule has 2 rings (SSSR count). The van der Waals surface area contributed by atoms with Crippen LogP contribution in [0.2, 0.25) is 0 Å². The largest absolute Gasteiger partial charge is 0.465 e. The molecule has 4 nitrogen and oxygen atoms in total. The Balaban J connectivity index is 1.92. The fourth-order valence-corrected chi connectivity index (χ4v) is 2.79. The van der Waals surface area contributed by atoms with Crippen LogP contribution in [0, 0.1) is 0 Å². The fraction of sp³-hybridized carbons (Fsp3) is 0.562. The zero-order valence-electron chi connectivity index (χ0n) is 12.6. The summed E-state index contributed by atoms with van der Waals surface area (Å²) in [7, 11) is 1.40. The fourth-order valence-electron chi connectivity index (χ4n) is 2.79. The molecule has 1 aliphatic heterocycles. The number of nitrogens with zero attached hydrogens (tertiary/aromatic N) is 1. The second kappa shape index (κ2) is 6.86. The van der Waals surface area contributed by atoms with Gasteiger partial charge in [0.2, 0.25) is 0 Å². The number of esters is 1. The van der Waals surface area contributed by atoms with Crippen LogP contribution in [0.4, 0.5) is 0 Å². The molecule has 1 fully saturated rings. The highest BCUT2D eigenvalue weighted by Crippen LogP contribution is 2.20. The van der Waals surface area contributed by atoms with Crippen molar-refractivity contribution < 1.29 is 9.53 Å². The molecular formula is C16H24N2O2. The molecule has 20 heavy (non-hydrogen) atoms. The molecule has 0 amide bonds. The van der Waals surface area contributed by atoms with Crippen LogP contribution in [-0.2, 0) is 11.3 Å². The molecule has 0 aromatic heterocycles. The van der Waals surface area contributed by atoms with Crippen molar-refractivity contribution in [2.75, 3.05) is 7.11 Å². The molecule has 2 atom stereocenters. The number of hydrazine groups is 1. The third-order valence-corrected chi connectivity index (χ3v) is 4.03. The highest BCUT2D eigenvalue weighted by Gasteiger charge is 2.23. The number of carbonyl (C=O) groups is 1. The molecule has 1 aromatic rings. The summed E-state index contributed by atoms with van der Waals surface area (Å²) < 4.78 is 4.70. The van der Waals surface area contributed by atoms with E-state index in [4.69, 9.17) is 4.74 Å². The Labute approximate surface area is 121 Å². The first kappa shape index (κ1) is 15.0. The van der Waals surface area contributed by atoms with Gasteiger partial charge in [0.05, 0.1) is 12.7 Å². The minimum Gasteiger partial charge on any atom is -0.465 e. The number of rotatable bonds is 4. The van der Waals surface area contributed by atoms with Gasteiger partial charge in [-0.2, -0.15) is 0 Å². The SMILES string of the molecule is COC(=O)c1ccc(CNN2C(C)CCCC2C)cc1. The summed E-state index contributed by atoms with van der Waals surface area (Å²) in [5.74, 6) is -0.289. The van der Waals surface area contributed by atoms with E-state index < -0.39 is 0 Å². The van der Waals surface area contributed by atoms with E-state index in [0.29, 0.717) is 17.6 Å². The van der Waals surface area contributed by atoms with Gasteiger partial charge >= 0.3 is 5.97 Å². The first-order valence-electron chi connectivity index (χ1n) is 7.31. The van der Waals surface area contributed by atoms with Crippen LogP contribution in [0.15, 0.2) is 24.3 Å². The van der Waals surface area contributed by atoms with Gasteiger partial charge in [0, 0.05) is 18.6 Å². The molecule has 110 valence electrons. The van der Waals surface area contributed by atoms with Gasteiger partial charge in [-0.05, 0) is 44.4 Å². The maximum atomic E-state index is 11.4. The number of methoxy groups -OCH3 is 1. The monoisotopic (exact) mass is 276 g/mol. The average Bonchev–Trinajstić information content (AvgIpc) is 2.46. The summed E-state index contributed by atoms with van der Waals surface area (Å²) in [6, 6.07) is 8.72. The minimum atomic E-state index is -0.289. The van der Waals surface area contributed by atoms with Crippen molar-refractivity contribution in [3.63, 3.8) is 0 Å². The van der Waals surface area contributed by atoms with Crippen LogP contribution in [0.25, 0.3) is 0 Å². The number of nitrogens with one attached hydrogen (secondary N) is 1. The van der Waals surface area contributed by atoms with Crippen LogP contribution in [-0.4, -0.2) is 30.2 Å². The molecule has 1 aromatic carbocycles. The Morgan fingerprint density at radius 2 is 1.85 bits per heavy atom. The predicted octanol–water partition coefficient (Wildman–Crippen LogP) is 2.74. The Kier molecular flexibility index (Phi) is 5.15. The number of ether oxygens (including phenoxy) is 1. The van der Waals surface area contributed by atoms with E-state index in [1.807, 2.05) is 24.3 Å². The van der Waals surface area contributed by atoms with E-state index in [-0.39, 0.29) is 5.97 Å². The minimum absolute atomic E-state index is 0.289. The smallest absolute Gasteiger partial charge is 0.337 e. The maximum absolute atomic E-state index is 11.4. The van der Waals surface area contributed by atoms with E-state index >= 15 is 0 Å². The number of carbonyl (C=O) groups excluding carboxylic acids is 1. The summed E-state index contributed by atoms with van der Waals surface area (Å²) in [4.78, 5) is 11.4. The van der Waals surface area contributed by atoms with Gasteiger partial charge in [-0.1, -0.05) is 18.6 Å². The van der Waals surface area contributed by atoms with Crippen molar-refractivity contribution in [3.05, 3.63) is 35.4 Å². The molecule has 0 bridgehead atoms. The highest BCUT2D eigenvalue weighted by atomic mass is 16.5. The van der Waals surface area contributed by atoms with E-state index in [1.165, 1.54) is 31.9 Å². The summed E-state index contributed by atoms with van der Waals surface area (Å²) in [6.45, 7) is 5.32. The Morgan fingerprint density at radius 1 is 1.25 bits per heavy atom. The molecule has 0 spiro atoms. The Bertz CT molecular complexity index is 434. The van der Waals surface area contributed by atoms with E-state index in [1.54, 1.807) is 0 Å². The first-order valence-corrected chi connectivity index (χ1v) is 7.31. The van der Waals surface area contributed by atoms with Gasteiger partial charge in [-0.3, -0.25) is 5.43 Å². The van der Waals surface area contributed by atoms with Gasteiger partial charge in [0.25, 0.3) is 0 Å². The van der Waals surface area contributed by atoms with Gasteiger partial charge in [0.1, 0.15) is 0 Å². The zero-order valence-corrected chi connectivity index (χ0v) is 12.6. The third kappa shape index (κ3) is 3.58. The highest BCUT2D eigenvalue weighted by molar-refractivity contribution is 5.89. The van der Waals surface area contributed by atoms with Gasteiger partial charge in [-0.25, -0.2) is 9.80 Å². The molecule has 1 heterocycles. The van der Waals surface area contributed by atoms with Gasteiger partial charge in [0.15, 0.2) is 0 Å². The number of hydrogen-bond donors (Lipinski definition) is 1. The van der Waals surface area contributed by atoms with Crippen LogP contribution in [0.1, 0.15) is 49.0 Å². The third-order valence-electron chi connectivity index (χ3n) is 4.03. The van der Waals surface area contributed by atoms with Crippen LogP contribution in [0.3, 0.4) is 0 Å². The quantitative estimate of drug-likeness (QED) is 0.859. The standard InChI is InChI=1S/C16H24N2O2/c1-12-5-4-6-13(2)18(12)17-11-14-7-9-15(10-8-14)16(19)20-3/h7-10,12-13,17H,4-6,11H2,1-3H3. The second-order valence-corrected chi connectivity index (χ2v) is 5.56. The average molecular weight is 276 g/mol. The maximum Gasteiger partial charge on any atom is 0.337 e. The van der Waals surface area contributed by atoms with Crippen LogP contribution < -0.4 is 5.43 Å². The van der Waals surface area contributed by atoms with Crippen molar-refractivity contribution in [2.45, 2.75) is 51.7 Å². The van der Waals surface area contributed by atoms with E-state index in [0.717, 1.165) is 6.54 Å². The zero-order chi connectivity index (χ0) is 14.5.